The minimum atomic E-state index is -7.22. The molecular weight excluding hydrogens is 879 g/mol. The molecule has 0 N–H and O–H groups in total. The molecule has 0 fully saturated rings. The first-order chi connectivity index (χ1) is 28.1. The van der Waals surface area contributed by atoms with Gasteiger partial charge in [-0.3, -0.25) is 0 Å². The van der Waals surface area contributed by atoms with Crippen molar-refractivity contribution in [2.75, 3.05) is 11.5 Å². The zero-order chi connectivity index (χ0) is 45.0. The zero-order valence-electron chi connectivity index (χ0n) is 29.5. The zero-order valence-corrected chi connectivity index (χ0v) is 30.3. The highest BCUT2D eigenvalue weighted by atomic mass is 32.2. The van der Waals surface area contributed by atoms with Crippen molar-refractivity contribution in [3.63, 3.8) is 0 Å². The van der Waals surface area contributed by atoms with Gasteiger partial charge in [0.2, 0.25) is 0 Å². The summed E-state index contributed by atoms with van der Waals surface area (Å²) in [7, 11) is 0.424. The maximum absolute atomic E-state index is 15.4. The Morgan fingerprint density at radius 2 is 0.550 bits per heavy atom. The van der Waals surface area contributed by atoms with Crippen LogP contribution in [-0.4, -0.2) is 17.7 Å². The third kappa shape index (κ3) is 6.79. The van der Waals surface area contributed by atoms with Gasteiger partial charge in [0, 0.05) is 16.3 Å². The van der Waals surface area contributed by atoms with Gasteiger partial charge in [-0.15, -0.1) is 21.9 Å². The molecule has 60 heavy (non-hydrogen) atoms. The van der Waals surface area contributed by atoms with Crippen LogP contribution in [0.4, 0.5) is 87.8 Å². The molecule has 0 nitrogen and oxygen atoms in total. The molecule has 0 aromatic heterocycles. The van der Waals surface area contributed by atoms with Gasteiger partial charge in [-0.2, -0.15) is 0 Å². The maximum atomic E-state index is 15.4. The molecule has 0 saturated carbocycles. The van der Waals surface area contributed by atoms with E-state index in [1.165, 1.54) is 27.2 Å². The Kier molecular flexibility index (Phi) is 12.9. The van der Waals surface area contributed by atoms with E-state index in [0.717, 1.165) is 0 Å². The lowest BCUT2D eigenvalue weighted by Crippen LogP contribution is -2.81. The van der Waals surface area contributed by atoms with Crippen LogP contribution in [0.2, 0.25) is 0 Å². The van der Waals surface area contributed by atoms with Gasteiger partial charge in [0.15, 0.2) is 74.7 Å². The number of hydrogen-bond acceptors (Lipinski definition) is 0. The normalized spacial score (nSPS) is 11.8. The maximum Gasteiger partial charge on any atom is 0.200 e. The molecule has 0 aliphatic heterocycles. The van der Waals surface area contributed by atoms with Crippen LogP contribution in [0, 0.1) is 116 Å². The van der Waals surface area contributed by atoms with E-state index in [0.29, 0.717) is 10.9 Å². The van der Waals surface area contributed by atoms with E-state index in [4.69, 9.17) is 0 Å². The highest BCUT2D eigenvalue weighted by Crippen LogP contribution is 2.31. The van der Waals surface area contributed by atoms with Crippen molar-refractivity contribution in [2.45, 2.75) is 18.7 Å². The highest BCUT2D eigenvalue weighted by Gasteiger charge is 2.52. The quantitative estimate of drug-likeness (QED) is 0.0493. The van der Waals surface area contributed by atoms with Crippen LogP contribution in [0.1, 0.15) is 13.8 Å². The summed E-state index contributed by atoms with van der Waals surface area (Å²) >= 11 is 0. The van der Waals surface area contributed by atoms with Crippen LogP contribution in [0.3, 0.4) is 0 Å². The molecule has 6 aromatic rings. The molecule has 0 aliphatic carbocycles. The van der Waals surface area contributed by atoms with Gasteiger partial charge in [0.1, 0.15) is 64.2 Å². The fourth-order valence-corrected chi connectivity index (χ4v) is 8.63. The van der Waals surface area contributed by atoms with Gasteiger partial charge in [-0.25, -0.2) is 87.8 Å². The van der Waals surface area contributed by atoms with Crippen molar-refractivity contribution < 1.29 is 87.8 Å². The molecule has 22 heteroatoms. The summed E-state index contributed by atoms with van der Waals surface area (Å²) in [4.78, 5) is 1.54. The van der Waals surface area contributed by atoms with Gasteiger partial charge < -0.3 is 0 Å². The average Bonchev–Trinajstić information content (AvgIpc) is 3.24. The van der Waals surface area contributed by atoms with Gasteiger partial charge in [-0.1, -0.05) is 30.3 Å². The van der Waals surface area contributed by atoms with Gasteiger partial charge in [0.05, 0.1) is 0 Å². The van der Waals surface area contributed by atoms with Crippen molar-refractivity contribution >= 4 is 49.7 Å². The Hall–Kier alpha value is -5.41. The monoisotopic (exact) mass is 896 g/mol. The standard InChI is InChI=1S/C24BF20.C14H17S/c26-5-1(6(27)14(35)21(42)13(5)34)25(2-7(28)15(36)22(43)16(37)8(2)29,3-9(30)17(38)23(44)18(39)10(3)31)4-11(32)19(40)24(45)20(41)12(4)33;1-3-15(4-2)14-11-7-9-12-8-5-6-10-13(12)14/h;5-11H,3-4H2,1-2H3/q-1;+1. The predicted octanol–water partition coefficient (Wildman–Crippen LogP) is 9.70. The molecule has 0 saturated heterocycles. The summed E-state index contributed by atoms with van der Waals surface area (Å²) in [6.07, 6.45) is -7.22. The summed E-state index contributed by atoms with van der Waals surface area (Å²) in [5.41, 5.74) is -14.3. The summed E-state index contributed by atoms with van der Waals surface area (Å²) in [5.74, 6) is -68.9. The Bertz CT molecular complexity index is 2310. The molecule has 6 aromatic carbocycles. The molecule has 0 radical (unpaired) electrons. The number of rotatable bonds is 7. The van der Waals surface area contributed by atoms with Crippen LogP contribution in [0.5, 0.6) is 0 Å². The molecule has 0 amide bonds. The largest absolute Gasteiger partial charge is 0.207 e. The minimum Gasteiger partial charge on any atom is -0.207 e. The summed E-state index contributed by atoms with van der Waals surface area (Å²) in [6, 6.07) is 15.4. The Labute approximate surface area is 326 Å². The van der Waals surface area contributed by atoms with Crippen molar-refractivity contribution in [2.24, 2.45) is 0 Å². The Morgan fingerprint density at radius 3 is 0.817 bits per heavy atom. The number of fused-ring (bicyclic) bond motifs is 1. The molecule has 0 heterocycles. The van der Waals surface area contributed by atoms with Gasteiger partial charge in [0.25, 0.3) is 0 Å². The van der Waals surface area contributed by atoms with E-state index >= 15 is 35.1 Å². The first-order valence-electron chi connectivity index (χ1n) is 16.5. The molecule has 0 aliphatic rings. The topological polar surface area (TPSA) is 0 Å². The fourth-order valence-electron chi connectivity index (χ4n) is 6.84. The molecule has 0 bridgehead atoms. The van der Waals surface area contributed by atoms with Crippen molar-refractivity contribution in [3.05, 3.63) is 159 Å². The third-order valence-electron chi connectivity index (χ3n) is 9.46. The summed E-state index contributed by atoms with van der Waals surface area (Å²) in [6.45, 7) is 4.57. The second kappa shape index (κ2) is 16.9. The van der Waals surface area contributed by atoms with Crippen LogP contribution < -0.4 is 21.9 Å². The SMILES string of the molecule is CC[S+](CC)c1cccc2ccccc12.Fc1c(F)c(F)c([B-](c2c(F)c(F)c(F)c(F)c2F)(c2c(F)c(F)c(F)c(F)c2F)c2c(F)c(F)c(F)c(F)c2F)c(F)c1F. The smallest absolute Gasteiger partial charge is 0.200 e. The Morgan fingerprint density at radius 1 is 0.317 bits per heavy atom. The molecular formula is C38H17BF20S. The van der Waals surface area contributed by atoms with E-state index < -0.39 is 144 Å². The third-order valence-corrected chi connectivity index (χ3v) is 11.8. The van der Waals surface area contributed by atoms with E-state index in [-0.39, 0.29) is 0 Å². The second-order valence-corrected chi connectivity index (χ2v) is 14.9. The first-order valence-corrected chi connectivity index (χ1v) is 18.0. The van der Waals surface area contributed by atoms with E-state index in [1.54, 1.807) is 0 Å². The number of benzene rings is 6. The van der Waals surface area contributed by atoms with Gasteiger partial charge >= 0.3 is 0 Å². The van der Waals surface area contributed by atoms with Crippen molar-refractivity contribution in [1.29, 1.82) is 0 Å². The summed E-state index contributed by atoms with van der Waals surface area (Å²) < 4.78 is 294. The lowest BCUT2D eigenvalue weighted by Gasteiger charge is -2.44. The minimum absolute atomic E-state index is 0.424. The first kappa shape index (κ1) is 45.7. The molecule has 6 rings (SSSR count). The van der Waals surface area contributed by atoms with Gasteiger partial charge in [-0.05, 0) is 31.4 Å². The Balaban J connectivity index is 0.000000379. The van der Waals surface area contributed by atoms with E-state index in [1.807, 2.05) is 0 Å². The lowest BCUT2D eigenvalue weighted by molar-refractivity contribution is 0.378. The molecule has 0 atom stereocenters. The van der Waals surface area contributed by atoms with Crippen LogP contribution in [-0.2, 0) is 10.9 Å². The predicted molar refractivity (Wildman–Crippen MR) is 180 cm³/mol. The highest BCUT2D eigenvalue weighted by molar-refractivity contribution is 7.97. The van der Waals surface area contributed by atoms with Crippen LogP contribution >= 0.6 is 0 Å². The lowest BCUT2D eigenvalue weighted by atomic mass is 9.12. The second-order valence-electron chi connectivity index (χ2n) is 12.3. The van der Waals surface area contributed by atoms with E-state index in [2.05, 4.69) is 56.3 Å². The van der Waals surface area contributed by atoms with Crippen LogP contribution in [0.15, 0.2) is 47.4 Å². The number of hydrogen-bond donors (Lipinski definition) is 0. The summed E-state index contributed by atoms with van der Waals surface area (Å²) in [5, 5.41) is 2.81. The molecule has 0 unspecified atom stereocenters. The molecule has 318 valence electrons. The van der Waals surface area contributed by atoms with Crippen LogP contribution in [0.25, 0.3) is 10.8 Å². The average molecular weight is 896 g/mol. The van der Waals surface area contributed by atoms with Crippen molar-refractivity contribution in [1.82, 2.24) is 0 Å². The van der Waals surface area contributed by atoms with Crippen molar-refractivity contribution in [3.8, 4) is 0 Å². The number of halogens is 20. The molecule has 0 spiro atoms. The fraction of sp³-hybridized carbons (Fsp3) is 0.105. The van der Waals surface area contributed by atoms with E-state index in [9.17, 15) is 52.7 Å².